The van der Waals surface area contributed by atoms with Gasteiger partial charge in [-0.1, -0.05) is 47.5 Å². The van der Waals surface area contributed by atoms with Gasteiger partial charge in [0, 0.05) is 21.7 Å². The molecule has 1 atom stereocenters. The zero-order chi connectivity index (χ0) is 14.4. The highest BCUT2D eigenvalue weighted by Crippen LogP contribution is 2.27. The van der Waals surface area contributed by atoms with E-state index in [0.29, 0.717) is 0 Å². The highest BCUT2D eigenvalue weighted by molar-refractivity contribution is 7.99. The molecular weight excluding hydrogens is 311 g/mol. The van der Waals surface area contributed by atoms with Crippen molar-refractivity contribution in [2.45, 2.75) is 17.4 Å². The van der Waals surface area contributed by atoms with E-state index in [9.17, 15) is 0 Å². The van der Waals surface area contributed by atoms with E-state index in [1.165, 1.54) is 5.56 Å². The molecule has 5 heteroatoms. The van der Waals surface area contributed by atoms with Gasteiger partial charge in [0.05, 0.1) is 5.02 Å². The van der Waals surface area contributed by atoms with E-state index in [1.807, 2.05) is 48.5 Å². The van der Waals surface area contributed by atoms with Crippen molar-refractivity contribution in [3.8, 4) is 0 Å². The van der Waals surface area contributed by atoms with E-state index in [0.717, 1.165) is 27.1 Å². The van der Waals surface area contributed by atoms with Crippen molar-refractivity contribution in [1.82, 2.24) is 5.43 Å². The lowest BCUT2D eigenvalue weighted by atomic mass is 10.1. The number of benzene rings is 2. The van der Waals surface area contributed by atoms with Crippen molar-refractivity contribution in [2.24, 2.45) is 5.84 Å². The number of nitrogens with one attached hydrogen (secondary N) is 1. The first kappa shape index (κ1) is 15.7. The van der Waals surface area contributed by atoms with E-state index in [2.05, 4.69) is 5.43 Å². The summed E-state index contributed by atoms with van der Waals surface area (Å²) < 4.78 is 0. The molecule has 0 spiro atoms. The topological polar surface area (TPSA) is 38.0 Å². The maximum absolute atomic E-state index is 6.14. The van der Waals surface area contributed by atoms with Gasteiger partial charge in [-0.25, -0.2) is 0 Å². The zero-order valence-electron chi connectivity index (χ0n) is 10.9. The number of rotatable bonds is 6. The molecule has 0 heterocycles. The fourth-order valence-corrected chi connectivity index (χ4v) is 3.22. The minimum absolute atomic E-state index is 0.178. The predicted molar refractivity (Wildman–Crippen MR) is 88.4 cm³/mol. The summed E-state index contributed by atoms with van der Waals surface area (Å²) >= 11 is 13.7. The second-order valence-corrected chi connectivity index (χ2v) is 6.34. The average molecular weight is 327 g/mol. The van der Waals surface area contributed by atoms with Gasteiger partial charge in [-0.05, 0) is 36.2 Å². The van der Waals surface area contributed by atoms with Crippen LogP contribution in [0.1, 0.15) is 5.56 Å². The monoisotopic (exact) mass is 326 g/mol. The van der Waals surface area contributed by atoms with E-state index < -0.39 is 0 Å². The van der Waals surface area contributed by atoms with Crippen LogP contribution >= 0.6 is 35.0 Å². The van der Waals surface area contributed by atoms with Crippen molar-refractivity contribution in [2.75, 3.05) is 5.75 Å². The Hall–Kier alpha value is -0.710. The van der Waals surface area contributed by atoms with E-state index in [4.69, 9.17) is 29.0 Å². The largest absolute Gasteiger partial charge is 0.271 e. The lowest BCUT2D eigenvalue weighted by Gasteiger charge is -2.16. The molecule has 2 nitrogen and oxygen atoms in total. The molecule has 0 aromatic heterocycles. The Bertz CT molecular complexity index is 546. The standard InChI is InChI=1S/C15H16Cl2N2S/c16-12-7-5-11(6-8-12)9-13(19-18)10-20-15-4-2-1-3-14(15)17/h1-8,13,19H,9-10,18H2. The highest BCUT2D eigenvalue weighted by Gasteiger charge is 2.10. The molecule has 0 bridgehead atoms. The summed E-state index contributed by atoms with van der Waals surface area (Å²) in [6.45, 7) is 0. The van der Waals surface area contributed by atoms with Crippen molar-refractivity contribution >= 4 is 35.0 Å². The third-order valence-electron chi connectivity index (χ3n) is 2.91. The van der Waals surface area contributed by atoms with Crippen LogP contribution in [-0.2, 0) is 6.42 Å². The van der Waals surface area contributed by atoms with Gasteiger partial charge in [-0.3, -0.25) is 11.3 Å². The van der Waals surface area contributed by atoms with Gasteiger partial charge in [-0.15, -0.1) is 11.8 Å². The van der Waals surface area contributed by atoms with Crippen LogP contribution in [0.15, 0.2) is 53.4 Å². The van der Waals surface area contributed by atoms with Crippen LogP contribution in [0.4, 0.5) is 0 Å². The van der Waals surface area contributed by atoms with Crippen LogP contribution in [0, 0.1) is 0 Å². The fraction of sp³-hybridized carbons (Fsp3) is 0.200. The molecule has 0 aliphatic heterocycles. The molecule has 0 saturated carbocycles. The SMILES string of the molecule is NNC(CSc1ccccc1Cl)Cc1ccc(Cl)cc1. The molecular formula is C15H16Cl2N2S. The summed E-state index contributed by atoms with van der Waals surface area (Å²) in [5.41, 5.74) is 4.06. The molecule has 0 aliphatic carbocycles. The molecule has 2 aromatic carbocycles. The molecule has 0 amide bonds. The average Bonchev–Trinajstić information content (AvgIpc) is 2.47. The normalized spacial score (nSPS) is 12.3. The van der Waals surface area contributed by atoms with Crippen LogP contribution in [-0.4, -0.2) is 11.8 Å². The minimum Gasteiger partial charge on any atom is -0.271 e. The number of hydrazine groups is 1. The van der Waals surface area contributed by atoms with Gasteiger partial charge in [0.25, 0.3) is 0 Å². The highest BCUT2D eigenvalue weighted by atomic mass is 35.5. The maximum atomic E-state index is 6.14. The first-order valence-electron chi connectivity index (χ1n) is 6.27. The van der Waals surface area contributed by atoms with Crippen LogP contribution in [0.2, 0.25) is 10.0 Å². The molecule has 0 aliphatic rings. The lowest BCUT2D eigenvalue weighted by Crippen LogP contribution is -2.38. The van der Waals surface area contributed by atoms with Gasteiger partial charge >= 0.3 is 0 Å². The van der Waals surface area contributed by atoms with Crippen molar-refractivity contribution in [3.63, 3.8) is 0 Å². The molecule has 2 rings (SSSR count). The van der Waals surface area contributed by atoms with E-state index >= 15 is 0 Å². The Kier molecular flexibility index (Phi) is 6.20. The first-order valence-corrected chi connectivity index (χ1v) is 8.01. The number of thioether (sulfide) groups is 1. The second kappa shape index (κ2) is 7.91. The van der Waals surface area contributed by atoms with Crippen molar-refractivity contribution in [3.05, 3.63) is 64.1 Å². The Morgan fingerprint density at radius 2 is 1.75 bits per heavy atom. The molecule has 0 radical (unpaired) electrons. The van der Waals surface area contributed by atoms with Crippen LogP contribution in [0.3, 0.4) is 0 Å². The van der Waals surface area contributed by atoms with Crippen LogP contribution in [0.5, 0.6) is 0 Å². The van der Waals surface area contributed by atoms with Crippen molar-refractivity contribution < 1.29 is 0 Å². The third-order valence-corrected chi connectivity index (χ3v) is 4.84. The van der Waals surface area contributed by atoms with E-state index in [1.54, 1.807) is 11.8 Å². The van der Waals surface area contributed by atoms with Gasteiger partial charge in [0.2, 0.25) is 0 Å². The van der Waals surface area contributed by atoms with Crippen LogP contribution in [0.25, 0.3) is 0 Å². The number of nitrogens with two attached hydrogens (primary N) is 1. The molecule has 0 saturated heterocycles. The van der Waals surface area contributed by atoms with Gasteiger partial charge in [0.1, 0.15) is 0 Å². The molecule has 3 N–H and O–H groups in total. The Balaban J connectivity index is 1.92. The zero-order valence-corrected chi connectivity index (χ0v) is 13.2. The quantitative estimate of drug-likeness (QED) is 0.475. The minimum atomic E-state index is 0.178. The van der Waals surface area contributed by atoms with Gasteiger partial charge in [0.15, 0.2) is 0 Å². The van der Waals surface area contributed by atoms with Gasteiger partial charge < -0.3 is 0 Å². The summed E-state index contributed by atoms with van der Waals surface area (Å²) in [6.07, 6.45) is 0.852. The molecule has 1 unspecified atom stereocenters. The van der Waals surface area contributed by atoms with Crippen molar-refractivity contribution in [1.29, 1.82) is 0 Å². The first-order chi connectivity index (χ1) is 9.69. The second-order valence-electron chi connectivity index (χ2n) is 4.44. The summed E-state index contributed by atoms with van der Waals surface area (Å²) in [6, 6.07) is 15.8. The van der Waals surface area contributed by atoms with E-state index in [-0.39, 0.29) is 6.04 Å². The predicted octanol–water partition coefficient (Wildman–Crippen LogP) is 4.16. The maximum Gasteiger partial charge on any atom is 0.0541 e. The third kappa shape index (κ3) is 4.69. The Morgan fingerprint density at radius 1 is 1.05 bits per heavy atom. The molecule has 106 valence electrons. The molecule has 2 aromatic rings. The summed E-state index contributed by atoms with van der Waals surface area (Å²) in [5, 5.41) is 1.52. The smallest absolute Gasteiger partial charge is 0.0541 e. The Morgan fingerprint density at radius 3 is 2.40 bits per heavy atom. The molecule has 20 heavy (non-hydrogen) atoms. The van der Waals surface area contributed by atoms with Gasteiger partial charge in [-0.2, -0.15) is 0 Å². The van der Waals surface area contributed by atoms with Crippen LogP contribution < -0.4 is 11.3 Å². The summed E-state index contributed by atoms with van der Waals surface area (Å²) in [5.74, 6) is 6.48. The summed E-state index contributed by atoms with van der Waals surface area (Å²) in [4.78, 5) is 1.07. The Labute approximate surface area is 133 Å². The fourth-order valence-electron chi connectivity index (χ4n) is 1.82. The molecule has 0 fully saturated rings. The lowest BCUT2D eigenvalue weighted by molar-refractivity contribution is 0.575. The number of halogens is 2. The summed E-state index contributed by atoms with van der Waals surface area (Å²) in [7, 11) is 0. The number of hydrogen-bond donors (Lipinski definition) is 2. The number of hydrogen-bond acceptors (Lipinski definition) is 3.